The molecular formula is C8H19BrSi. The van der Waals surface area contributed by atoms with Crippen molar-refractivity contribution in [2.75, 3.05) is 0 Å². The summed E-state index contributed by atoms with van der Waals surface area (Å²) in [5, 5.41) is 0.537. The maximum atomic E-state index is 3.86. The van der Waals surface area contributed by atoms with Crippen LogP contribution in [-0.2, 0) is 0 Å². The van der Waals surface area contributed by atoms with E-state index in [1.54, 1.807) is 0 Å². The Hall–Kier alpha value is 0.697. The summed E-state index contributed by atoms with van der Waals surface area (Å²) >= 11 is 3.86. The largest absolute Gasteiger partial charge is 0.130 e. The highest BCUT2D eigenvalue weighted by atomic mass is 79.9. The molecule has 0 aromatic heterocycles. The highest BCUT2D eigenvalue weighted by Crippen LogP contribution is 2.38. The minimum absolute atomic E-state index is 0.537. The summed E-state index contributed by atoms with van der Waals surface area (Å²) in [6, 6.07) is 0. The van der Waals surface area contributed by atoms with Crippen molar-refractivity contribution in [2.45, 2.75) is 51.6 Å². The molecule has 2 atom stereocenters. The Kier molecular flexibility index (Phi) is 4.18. The third kappa shape index (κ3) is 3.20. The molecule has 0 bridgehead atoms. The average molecular weight is 223 g/mol. The molecule has 0 saturated heterocycles. The van der Waals surface area contributed by atoms with E-state index in [0.29, 0.717) is 5.04 Å². The molecule has 2 heteroatoms. The van der Waals surface area contributed by atoms with Crippen LogP contribution in [0, 0.1) is 0 Å². The lowest BCUT2D eigenvalue weighted by atomic mass is 10.2. The summed E-state index contributed by atoms with van der Waals surface area (Å²) < 4.78 is 0. The first-order valence-corrected chi connectivity index (χ1v) is 8.46. The molecule has 0 aliphatic heterocycles. The van der Waals surface area contributed by atoms with Crippen LogP contribution in [0.4, 0.5) is 0 Å². The third-order valence-electron chi connectivity index (χ3n) is 1.97. The molecule has 0 fully saturated rings. The molecule has 10 heavy (non-hydrogen) atoms. The maximum absolute atomic E-state index is 3.86. The number of hydrogen-bond acceptors (Lipinski definition) is 0. The Balaban J connectivity index is 3.94. The summed E-state index contributed by atoms with van der Waals surface area (Å²) in [6.45, 7) is 11.6. The first kappa shape index (κ1) is 10.7. The van der Waals surface area contributed by atoms with E-state index in [0.717, 1.165) is 5.54 Å². The number of hydrogen-bond donors (Lipinski definition) is 0. The molecular weight excluding hydrogens is 204 g/mol. The minimum Gasteiger partial charge on any atom is -0.130 e. The molecule has 0 N–H and O–H groups in total. The van der Waals surface area contributed by atoms with E-state index >= 15 is 0 Å². The molecule has 0 nitrogen and oxygen atoms in total. The average Bonchev–Trinajstić information content (AvgIpc) is 1.83. The molecule has 0 rings (SSSR count). The molecule has 0 aliphatic rings. The van der Waals surface area contributed by atoms with Gasteiger partial charge >= 0.3 is 0 Å². The second-order valence-corrected chi connectivity index (χ2v) is 10.8. The monoisotopic (exact) mass is 222 g/mol. The van der Waals surface area contributed by atoms with Gasteiger partial charge in [-0.1, -0.05) is 41.0 Å². The van der Waals surface area contributed by atoms with Gasteiger partial charge in [-0.05, 0) is 10.6 Å². The molecule has 0 aliphatic carbocycles. The summed E-state index contributed by atoms with van der Waals surface area (Å²) in [5.74, 6) is 0. The van der Waals surface area contributed by atoms with Gasteiger partial charge in [-0.3, -0.25) is 0 Å². The Labute approximate surface area is 74.6 Å². The number of rotatable bonds is 2. The van der Waals surface area contributed by atoms with Crippen molar-refractivity contribution in [1.29, 1.82) is 0 Å². The van der Waals surface area contributed by atoms with Gasteiger partial charge in [0.1, 0.15) is 7.42 Å². The molecule has 2 unspecified atom stereocenters. The van der Waals surface area contributed by atoms with Crippen molar-refractivity contribution in [3.05, 3.63) is 0 Å². The first-order valence-electron chi connectivity index (χ1n) is 4.03. The summed E-state index contributed by atoms with van der Waals surface area (Å²) in [5.41, 5.74) is 0.917. The Morgan fingerprint density at radius 1 is 1.40 bits per heavy atom. The van der Waals surface area contributed by atoms with Gasteiger partial charge < -0.3 is 0 Å². The Bertz CT molecular complexity index is 95.9. The quantitative estimate of drug-likeness (QED) is 0.494. The topological polar surface area (TPSA) is 0 Å². The van der Waals surface area contributed by atoms with Crippen LogP contribution < -0.4 is 0 Å². The standard InChI is InChI=1S/C8H19BrSi/c1-6-7(2)10(9)8(3,4)5/h7,10H,6H2,1-5H3. The Morgan fingerprint density at radius 3 is 1.90 bits per heavy atom. The summed E-state index contributed by atoms with van der Waals surface area (Å²) in [6.07, 6.45) is 1.32. The normalized spacial score (nSPS) is 18.6. The first-order chi connectivity index (χ1) is 4.39. The van der Waals surface area contributed by atoms with Crippen LogP contribution in [0.5, 0.6) is 0 Å². The van der Waals surface area contributed by atoms with Crippen LogP contribution in [0.3, 0.4) is 0 Å². The van der Waals surface area contributed by atoms with Crippen LogP contribution >= 0.6 is 15.3 Å². The minimum atomic E-state index is -0.672. The van der Waals surface area contributed by atoms with Gasteiger partial charge in [-0.25, -0.2) is 0 Å². The smallest absolute Gasteiger partial charge is 0.122 e. The fraction of sp³-hybridized carbons (Fsp3) is 1.00. The van der Waals surface area contributed by atoms with Gasteiger partial charge in [-0.2, -0.15) is 0 Å². The van der Waals surface area contributed by atoms with Crippen molar-refractivity contribution in [3.8, 4) is 0 Å². The van der Waals surface area contributed by atoms with Crippen molar-refractivity contribution >= 4 is 22.7 Å². The second kappa shape index (κ2) is 3.91. The van der Waals surface area contributed by atoms with Crippen LogP contribution in [-0.4, -0.2) is 7.42 Å². The third-order valence-corrected chi connectivity index (χ3v) is 11.9. The molecule has 0 radical (unpaired) electrons. The SMILES string of the molecule is CCC(C)[SiH](Br)C(C)(C)C. The maximum Gasteiger partial charge on any atom is 0.122 e. The van der Waals surface area contributed by atoms with Crippen molar-refractivity contribution < 1.29 is 0 Å². The molecule has 0 aromatic carbocycles. The van der Waals surface area contributed by atoms with E-state index in [1.165, 1.54) is 6.42 Å². The molecule has 0 heterocycles. The zero-order chi connectivity index (χ0) is 8.36. The molecule has 62 valence electrons. The predicted molar refractivity (Wildman–Crippen MR) is 55.5 cm³/mol. The van der Waals surface area contributed by atoms with Gasteiger partial charge in [0.25, 0.3) is 0 Å². The summed E-state index contributed by atoms with van der Waals surface area (Å²) in [4.78, 5) is 0. The highest BCUT2D eigenvalue weighted by molar-refractivity contribution is 9.24. The Morgan fingerprint density at radius 2 is 1.80 bits per heavy atom. The lowest BCUT2D eigenvalue weighted by Crippen LogP contribution is -2.22. The van der Waals surface area contributed by atoms with Gasteiger partial charge in [0.15, 0.2) is 0 Å². The summed E-state index contributed by atoms with van der Waals surface area (Å²) in [7, 11) is -0.672. The predicted octanol–water partition coefficient (Wildman–Crippen LogP) is 3.71. The lowest BCUT2D eigenvalue weighted by Gasteiger charge is -2.28. The lowest BCUT2D eigenvalue weighted by molar-refractivity contribution is 0.714. The van der Waals surface area contributed by atoms with Gasteiger partial charge in [0, 0.05) is 0 Å². The van der Waals surface area contributed by atoms with Gasteiger partial charge in [0.2, 0.25) is 0 Å². The van der Waals surface area contributed by atoms with Crippen molar-refractivity contribution in [3.63, 3.8) is 0 Å². The van der Waals surface area contributed by atoms with E-state index in [2.05, 4.69) is 49.9 Å². The van der Waals surface area contributed by atoms with Crippen LogP contribution in [0.1, 0.15) is 41.0 Å². The van der Waals surface area contributed by atoms with E-state index in [9.17, 15) is 0 Å². The van der Waals surface area contributed by atoms with Crippen LogP contribution in [0.2, 0.25) is 10.6 Å². The van der Waals surface area contributed by atoms with Crippen molar-refractivity contribution in [1.82, 2.24) is 0 Å². The molecule has 0 amide bonds. The van der Waals surface area contributed by atoms with E-state index in [-0.39, 0.29) is 0 Å². The zero-order valence-electron chi connectivity index (χ0n) is 7.74. The van der Waals surface area contributed by atoms with Gasteiger partial charge in [0.05, 0.1) is 0 Å². The molecule has 0 aromatic rings. The fourth-order valence-electron chi connectivity index (χ4n) is 1.06. The van der Waals surface area contributed by atoms with Gasteiger partial charge in [-0.15, -0.1) is 15.3 Å². The van der Waals surface area contributed by atoms with E-state index < -0.39 is 7.42 Å². The van der Waals surface area contributed by atoms with Crippen LogP contribution in [0.25, 0.3) is 0 Å². The van der Waals surface area contributed by atoms with Crippen molar-refractivity contribution in [2.24, 2.45) is 0 Å². The fourth-order valence-corrected chi connectivity index (χ4v) is 4.30. The van der Waals surface area contributed by atoms with E-state index in [4.69, 9.17) is 0 Å². The number of halogens is 1. The highest BCUT2D eigenvalue weighted by Gasteiger charge is 2.27. The second-order valence-electron chi connectivity index (χ2n) is 4.15. The van der Waals surface area contributed by atoms with E-state index in [1.807, 2.05) is 0 Å². The molecule has 0 spiro atoms. The molecule has 0 saturated carbocycles. The van der Waals surface area contributed by atoms with Crippen LogP contribution in [0.15, 0.2) is 0 Å². The zero-order valence-corrected chi connectivity index (χ0v) is 10.5.